The lowest BCUT2D eigenvalue weighted by Gasteiger charge is -2.11. The summed E-state index contributed by atoms with van der Waals surface area (Å²) in [5, 5.41) is 1.05. The highest BCUT2D eigenvalue weighted by atomic mass is 15.0. The quantitative estimate of drug-likeness (QED) is 0.233. The Bertz CT molecular complexity index is 2130. The lowest BCUT2D eigenvalue weighted by molar-refractivity contribution is 1.22. The molecule has 0 atom stereocenters. The Morgan fingerprint density at radius 1 is 0.488 bits per heavy atom. The molecule has 0 unspecified atom stereocenters. The van der Waals surface area contributed by atoms with Gasteiger partial charge in [0, 0.05) is 29.5 Å². The maximum absolute atomic E-state index is 5.12. The van der Waals surface area contributed by atoms with Crippen LogP contribution in [0.1, 0.15) is 0 Å². The monoisotopic (exact) mass is 526 g/mol. The van der Waals surface area contributed by atoms with E-state index >= 15 is 0 Å². The molecule has 192 valence electrons. The van der Waals surface area contributed by atoms with Crippen molar-refractivity contribution < 1.29 is 0 Å². The molecule has 0 radical (unpaired) electrons. The van der Waals surface area contributed by atoms with Gasteiger partial charge < -0.3 is 0 Å². The molecular weight excluding hydrogens is 504 g/mol. The van der Waals surface area contributed by atoms with Crippen LogP contribution in [0.3, 0.4) is 0 Å². The molecule has 0 aliphatic carbocycles. The molecule has 6 heterocycles. The van der Waals surface area contributed by atoms with E-state index in [9.17, 15) is 0 Å². The van der Waals surface area contributed by atoms with Crippen molar-refractivity contribution in [3.63, 3.8) is 0 Å². The standard InChI is InChI=1S/C35H22N6/c1-2-10-27-26(9-1)34-35(41-20-8-5-13-32(41)40-34)33(39-27)24-16-14-23(15-17-24)25-21-30(28-11-3-6-18-36-28)38-31(22-25)29-12-4-7-19-37-29/h1-22H. The molecule has 6 nitrogen and oxygen atoms in total. The third-order valence-corrected chi connectivity index (χ3v) is 7.32. The van der Waals surface area contributed by atoms with Crippen molar-refractivity contribution in [3.8, 4) is 45.2 Å². The summed E-state index contributed by atoms with van der Waals surface area (Å²) in [6, 6.07) is 38.7. The number of aromatic nitrogens is 6. The summed E-state index contributed by atoms with van der Waals surface area (Å²) in [7, 11) is 0. The minimum absolute atomic E-state index is 0.802. The molecule has 0 fully saturated rings. The lowest BCUT2D eigenvalue weighted by atomic mass is 9.99. The summed E-state index contributed by atoms with van der Waals surface area (Å²) in [5.41, 5.74) is 11.1. The van der Waals surface area contributed by atoms with E-state index in [0.717, 1.165) is 72.7 Å². The number of fused-ring (bicyclic) bond motifs is 5. The van der Waals surface area contributed by atoms with E-state index in [1.165, 1.54) is 0 Å². The highest BCUT2D eigenvalue weighted by Crippen LogP contribution is 2.35. The van der Waals surface area contributed by atoms with Gasteiger partial charge in [-0.25, -0.2) is 15.0 Å². The number of para-hydroxylation sites is 1. The minimum Gasteiger partial charge on any atom is -0.298 e. The summed E-state index contributed by atoms with van der Waals surface area (Å²) < 4.78 is 2.12. The average Bonchev–Trinajstić information content (AvgIpc) is 3.45. The Kier molecular flexibility index (Phi) is 5.35. The first-order chi connectivity index (χ1) is 20.3. The molecular formula is C35H22N6. The maximum Gasteiger partial charge on any atom is 0.137 e. The van der Waals surface area contributed by atoms with Crippen LogP contribution in [0.15, 0.2) is 134 Å². The molecule has 8 rings (SSSR count). The second-order valence-electron chi connectivity index (χ2n) is 9.85. The molecule has 8 aromatic rings. The minimum atomic E-state index is 0.802. The van der Waals surface area contributed by atoms with E-state index in [1.807, 2.05) is 79.0 Å². The Hall–Kier alpha value is -5.75. The van der Waals surface area contributed by atoms with Crippen molar-refractivity contribution >= 4 is 27.6 Å². The van der Waals surface area contributed by atoms with Gasteiger partial charge in [-0.15, -0.1) is 0 Å². The molecule has 0 saturated heterocycles. The molecule has 0 amide bonds. The van der Waals surface area contributed by atoms with E-state index in [0.29, 0.717) is 0 Å². The summed E-state index contributed by atoms with van der Waals surface area (Å²) in [4.78, 5) is 24.1. The number of imidazole rings is 1. The van der Waals surface area contributed by atoms with Gasteiger partial charge in [-0.2, -0.15) is 0 Å². The van der Waals surface area contributed by atoms with Crippen LogP contribution < -0.4 is 0 Å². The summed E-state index contributed by atoms with van der Waals surface area (Å²) in [6.45, 7) is 0. The van der Waals surface area contributed by atoms with Crippen LogP contribution >= 0.6 is 0 Å². The summed E-state index contributed by atoms with van der Waals surface area (Å²) in [6.07, 6.45) is 5.63. The fourth-order valence-corrected chi connectivity index (χ4v) is 5.36. The van der Waals surface area contributed by atoms with E-state index in [1.54, 1.807) is 12.4 Å². The number of nitrogens with zero attached hydrogens (tertiary/aromatic N) is 6. The fraction of sp³-hybridized carbons (Fsp3) is 0. The Labute approximate surface area is 235 Å². The van der Waals surface area contributed by atoms with Gasteiger partial charge in [0.2, 0.25) is 0 Å². The molecule has 6 heteroatoms. The fourth-order valence-electron chi connectivity index (χ4n) is 5.36. The molecule has 0 spiro atoms. The van der Waals surface area contributed by atoms with Gasteiger partial charge in [0.15, 0.2) is 0 Å². The Balaban J connectivity index is 1.29. The van der Waals surface area contributed by atoms with Crippen molar-refractivity contribution in [2.45, 2.75) is 0 Å². The van der Waals surface area contributed by atoms with Gasteiger partial charge in [-0.3, -0.25) is 14.4 Å². The largest absolute Gasteiger partial charge is 0.298 e. The molecule has 0 aliphatic heterocycles. The normalized spacial score (nSPS) is 11.4. The van der Waals surface area contributed by atoms with Crippen molar-refractivity contribution in [2.75, 3.05) is 0 Å². The average molecular weight is 527 g/mol. The second-order valence-corrected chi connectivity index (χ2v) is 9.85. The number of rotatable bonds is 4. The Morgan fingerprint density at radius 3 is 1.85 bits per heavy atom. The highest BCUT2D eigenvalue weighted by Gasteiger charge is 2.17. The lowest BCUT2D eigenvalue weighted by Crippen LogP contribution is -1.94. The zero-order chi connectivity index (χ0) is 27.2. The first-order valence-electron chi connectivity index (χ1n) is 13.4. The number of pyridine rings is 5. The summed E-state index contributed by atoms with van der Waals surface area (Å²) in [5.74, 6) is 0. The molecule has 41 heavy (non-hydrogen) atoms. The second kappa shape index (κ2) is 9.47. The molecule has 6 aromatic heterocycles. The van der Waals surface area contributed by atoms with Crippen LogP contribution in [0.5, 0.6) is 0 Å². The predicted octanol–water partition coefficient (Wildman–Crippen LogP) is 7.89. The van der Waals surface area contributed by atoms with Crippen LogP contribution in [0.25, 0.3) is 72.7 Å². The summed E-state index contributed by atoms with van der Waals surface area (Å²) >= 11 is 0. The molecule has 0 N–H and O–H groups in total. The van der Waals surface area contributed by atoms with Gasteiger partial charge in [-0.05, 0) is 65.7 Å². The SMILES string of the molecule is c1ccc(-c2cc(-c3ccc(-c4nc5ccccc5c5nc6ccccn6c45)cc3)cc(-c3ccccn3)n2)nc1. The van der Waals surface area contributed by atoms with Crippen molar-refractivity contribution in [1.82, 2.24) is 29.3 Å². The number of hydrogen-bond donors (Lipinski definition) is 0. The number of benzene rings is 2. The van der Waals surface area contributed by atoms with E-state index in [2.05, 4.69) is 56.8 Å². The zero-order valence-corrected chi connectivity index (χ0v) is 21.9. The molecule has 0 aliphatic rings. The van der Waals surface area contributed by atoms with Gasteiger partial charge in [0.05, 0.1) is 39.5 Å². The van der Waals surface area contributed by atoms with Crippen LogP contribution in [-0.2, 0) is 0 Å². The third kappa shape index (κ3) is 4.01. The van der Waals surface area contributed by atoms with E-state index < -0.39 is 0 Å². The van der Waals surface area contributed by atoms with Crippen LogP contribution in [0.4, 0.5) is 0 Å². The topological polar surface area (TPSA) is 68.9 Å². The first-order valence-corrected chi connectivity index (χ1v) is 13.4. The maximum atomic E-state index is 5.12. The first kappa shape index (κ1) is 23.2. The van der Waals surface area contributed by atoms with Crippen LogP contribution in [0, 0.1) is 0 Å². The van der Waals surface area contributed by atoms with Gasteiger partial charge >= 0.3 is 0 Å². The van der Waals surface area contributed by atoms with E-state index in [-0.39, 0.29) is 0 Å². The van der Waals surface area contributed by atoms with Crippen molar-refractivity contribution in [3.05, 3.63) is 134 Å². The highest BCUT2D eigenvalue weighted by molar-refractivity contribution is 6.09. The Morgan fingerprint density at radius 2 is 1.15 bits per heavy atom. The van der Waals surface area contributed by atoms with Gasteiger partial charge in [-0.1, -0.05) is 60.7 Å². The smallest absolute Gasteiger partial charge is 0.137 e. The third-order valence-electron chi connectivity index (χ3n) is 7.32. The van der Waals surface area contributed by atoms with Crippen molar-refractivity contribution in [1.29, 1.82) is 0 Å². The van der Waals surface area contributed by atoms with Crippen molar-refractivity contribution in [2.24, 2.45) is 0 Å². The predicted molar refractivity (Wildman–Crippen MR) is 163 cm³/mol. The molecule has 2 aromatic carbocycles. The number of hydrogen-bond acceptors (Lipinski definition) is 5. The van der Waals surface area contributed by atoms with Gasteiger partial charge in [0.25, 0.3) is 0 Å². The van der Waals surface area contributed by atoms with Crippen LogP contribution in [-0.4, -0.2) is 29.3 Å². The molecule has 0 bridgehead atoms. The van der Waals surface area contributed by atoms with E-state index in [4.69, 9.17) is 15.0 Å². The van der Waals surface area contributed by atoms with Gasteiger partial charge in [0.1, 0.15) is 11.2 Å². The van der Waals surface area contributed by atoms with Crippen LogP contribution in [0.2, 0.25) is 0 Å². The molecule has 0 saturated carbocycles. The zero-order valence-electron chi connectivity index (χ0n) is 21.9.